The molecule has 0 radical (unpaired) electrons. The molecular formula is C30H39N7OS. The summed E-state index contributed by atoms with van der Waals surface area (Å²) in [6.07, 6.45) is 5.69. The fourth-order valence-corrected chi connectivity index (χ4v) is 4.97. The molecule has 9 heteroatoms. The van der Waals surface area contributed by atoms with Crippen LogP contribution in [0.25, 0.3) is 11.3 Å². The predicted molar refractivity (Wildman–Crippen MR) is 159 cm³/mol. The lowest BCUT2D eigenvalue weighted by molar-refractivity contribution is 0.0954. The first-order valence-corrected chi connectivity index (χ1v) is 14.3. The first kappa shape index (κ1) is 28.4. The first-order valence-electron chi connectivity index (χ1n) is 13.5. The molecule has 0 bridgehead atoms. The zero-order valence-corrected chi connectivity index (χ0v) is 24.8. The van der Waals surface area contributed by atoms with E-state index >= 15 is 0 Å². The maximum Gasteiger partial charge on any atom is 0.263 e. The van der Waals surface area contributed by atoms with Crippen molar-refractivity contribution in [2.45, 2.75) is 79.8 Å². The van der Waals surface area contributed by atoms with Gasteiger partial charge in [0.1, 0.15) is 4.88 Å². The SMILES string of the molecule is CCC(C)CCn1nc(Nc2nccc(-c3ccc(CNC(=O)c4cnc(C(C)(C)C)s4)c(C)c3)n2)cc1C. The topological polar surface area (TPSA) is 97.6 Å². The van der Waals surface area contributed by atoms with Crippen LogP contribution in [0.5, 0.6) is 0 Å². The van der Waals surface area contributed by atoms with Gasteiger partial charge in [0.05, 0.1) is 16.9 Å². The van der Waals surface area contributed by atoms with Crippen LogP contribution >= 0.6 is 11.3 Å². The molecule has 0 fully saturated rings. The molecule has 2 N–H and O–H groups in total. The van der Waals surface area contributed by atoms with Gasteiger partial charge in [0.25, 0.3) is 5.91 Å². The molecule has 3 aromatic heterocycles. The molecule has 8 nitrogen and oxygen atoms in total. The number of nitrogens with one attached hydrogen (secondary N) is 2. The van der Waals surface area contributed by atoms with Crippen molar-refractivity contribution in [1.29, 1.82) is 0 Å². The largest absolute Gasteiger partial charge is 0.347 e. The zero-order valence-electron chi connectivity index (χ0n) is 24.0. The average Bonchev–Trinajstić information content (AvgIpc) is 3.53. The minimum absolute atomic E-state index is 0.0698. The minimum atomic E-state index is -0.101. The van der Waals surface area contributed by atoms with Crippen LogP contribution in [0, 0.1) is 19.8 Å². The fraction of sp³-hybridized carbons (Fsp3) is 0.433. The second-order valence-electron chi connectivity index (χ2n) is 11.2. The molecule has 0 aliphatic rings. The molecule has 0 spiro atoms. The number of carbonyl (C=O) groups excluding carboxylic acids is 1. The molecule has 0 saturated carbocycles. The van der Waals surface area contributed by atoms with E-state index in [-0.39, 0.29) is 11.3 Å². The number of nitrogens with zero attached hydrogens (tertiary/aromatic N) is 5. The summed E-state index contributed by atoms with van der Waals surface area (Å²) in [6, 6.07) is 10.1. The second-order valence-corrected chi connectivity index (χ2v) is 12.2. The van der Waals surface area contributed by atoms with E-state index in [4.69, 9.17) is 10.1 Å². The molecule has 1 amide bonds. The summed E-state index contributed by atoms with van der Waals surface area (Å²) in [5.41, 5.74) is 4.98. The van der Waals surface area contributed by atoms with Gasteiger partial charge in [-0.05, 0) is 49.4 Å². The van der Waals surface area contributed by atoms with E-state index in [1.807, 2.05) is 35.9 Å². The van der Waals surface area contributed by atoms with Crippen LogP contribution < -0.4 is 10.6 Å². The number of benzene rings is 1. The van der Waals surface area contributed by atoms with Gasteiger partial charge in [0.15, 0.2) is 5.82 Å². The standard InChI is InChI=1S/C30H39N7OS/c1-8-19(2)12-14-37-21(4)16-26(36-37)35-29-31-13-11-24(34-29)22-9-10-23(20(3)15-22)17-32-27(38)25-18-33-28(39-25)30(5,6)7/h9-11,13,15-16,18-19H,8,12,14,17H2,1-7H3,(H,32,38)(H,31,34,35,36). The van der Waals surface area contributed by atoms with Gasteiger partial charge in [0.2, 0.25) is 5.95 Å². The Labute approximate surface area is 235 Å². The van der Waals surface area contributed by atoms with Crippen molar-refractivity contribution in [2.24, 2.45) is 5.92 Å². The Hall–Kier alpha value is -3.59. The Kier molecular flexibility index (Phi) is 8.80. The van der Waals surface area contributed by atoms with Crippen LogP contribution in [-0.2, 0) is 18.5 Å². The number of aryl methyl sites for hydroxylation is 3. The van der Waals surface area contributed by atoms with Crippen LogP contribution in [0.3, 0.4) is 0 Å². The van der Waals surface area contributed by atoms with E-state index in [1.54, 1.807) is 12.4 Å². The van der Waals surface area contributed by atoms with Crippen molar-refractivity contribution in [3.8, 4) is 11.3 Å². The maximum absolute atomic E-state index is 12.7. The number of thiazole rings is 1. The lowest BCUT2D eigenvalue weighted by atomic mass is 9.98. The lowest BCUT2D eigenvalue weighted by Crippen LogP contribution is -2.22. The van der Waals surface area contributed by atoms with Gasteiger partial charge in [-0.15, -0.1) is 11.3 Å². The molecular weight excluding hydrogens is 506 g/mol. The molecule has 39 heavy (non-hydrogen) atoms. The van der Waals surface area contributed by atoms with Crippen LogP contribution in [0.2, 0.25) is 0 Å². The van der Waals surface area contributed by atoms with Crippen LogP contribution in [0.4, 0.5) is 11.8 Å². The number of carbonyl (C=O) groups is 1. The number of amides is 1. The molecule has 1 atom stereocenters. The summed E-state index contributed by atoms with van der Waals surface area (Å²) in [5.74, 6) is 1.82. The van der Waals surface area contributed by atoms with Crippen molar-refractivity contribution in [3.63, 3.8) is 0 Å². The molecule has 0 saturated heterocycles. The molecule has 1 unspecified atom stereocenters. The third-order valence-corrected chi connectivity index (χ3v) is 8.28. The molecule has 4 rings (SSSR count). The summed E-state index contributed by atoms with van der Waals surface area (Å²) >= 11 is 1.45. The lowest BCUT2D eigenvalue weighted by Gasteiger charge is -2.13. The van der Waals surface area contributed by atoms with Crippen molar-refractivity contribution in [1.82, 2.24) is 30.0 Å². The number of hydrogen-bond donors (Lipinski definition) is 2. The smallest absolute Gasteiger partial charge is 0.263 e. The monoisotopic (exact) mass is 545 g/mol. The Morgan fingerprint density at radius 2 is 1.92 bits per heavy atom. The number of aromatic nitrogens is 5. The third-order valence-electron chi connectivity index (χ3n) is 6.86. The van der Waals surface area contributed by atoms with Gasteiger partial charge in [-0.2, -0.15) is 5.10 Å². The number of rotatable bonds is 10. The minimum Gasteiger partial charge on any atom is -0.347 e. The average molecular weight is 546 g/mol. The van der Waals surface area contributed by atoms with Gasteiger partial charge < -0.3 is 10.6 Å². The van der Waals surface area contributed by atoms with Crippen LogP contribution in [-0.4, -0.2) is 30.6 Å². The normalized spacial score (nSPS) is 12.4. The highest BCUT2D eigenvalue weighted by molar-refractivity contribution is 7.13. The van der Waals surface area contributed by atoms with Gasteiger partial charge in [-0.1, -0.05) is 53.2 Å². The summed E-state index contributed by atoms with van der Waals surface area (Å²) < 4.78 is 2.04. The highest BCUT2D eigenvalue weighted by atomic mass is 32.1. The molecule has 0 aliphatic heterocycles. The second kappa shape index (κ2) is 12.1. The maximum atomic E-state index is 12.7. The van der Waals surface area contributed by atoms with E-state index in [0.717, 1.165) is 51.9 Å². The van der Waals surface area contributed by atoms with Gasteiger partial charge >= 0.3 is 0 Å². The molecule has 206 valence electrons. The Bertz CT molecular complexity index is 1430. The summed E-state index contributed by atoms with van der Waals surface area (Å²) in [7, 11) is 0. The summed E-state index contributed by atoms with van der Waals surface area (Å²) in [6.45, 7) is 16.2. The Morgan fingerprint density at radius 3 is 2.62 bits per heavy atom. The van der Waals surface area contributed by atoms with Crippen molar-refractivity contribution in [3.05, 3.63) is 69.4 Å². The van der Waals surface area contributed by atoms with Crippen molar-refractivity contribution < 1.29 is 4.79 Å². The molecule has 4 aromatic rings. The van der Waals surface area contributed by atoms with Gasteiger partial charge in [0, 0.05) is 42.0 Å². The van der Waals surface area contributed by atoms with E-state index in [2.05, 4.69) is 68.2 Å². The van der Waals surface area contributed by atoms with Crippen LogP contribution in [0.1, 0.15) is 79.0 Å². The first-order chi connectivity index (χ1) is 18.5. The summed E-state index contributed by atoms with van der Waals surface area (Å²) in [5, 5.41) is 11.9. The third kappa shape index (κ3) is 7.29. The highest BCUT2D eigenvalue weighted by Crippen LogP contribution is 2.27. The molecule has 0 aliphatic carbocycles. The van der Waals surface area contributed by atoms with Crippen molar-refractivity contribution in [2.75, 3.05) is 5.32 Å². The van der Waals surface area contributed by atoms with E-state index in [1.165, 1.54) is 17.8 Å². The molecule has 3 heterocycles. The summed E-state index contributed by atoms with van der Waals surface area (Å²) in [4.78, 5) is 26.8. The number of anilines is 2. The fourth-order valence-electron chi connectivity index (χ4n) is 4.08. The zero-order chi connectivity index (χ0) is 28.2. The highest BCUT2D eigenvalue weighted by Gasteiger charge is 2.20. The van der Waals surface area contributed by atoms with E-state index < -0.39 is 0 Å². The van der Waals surface area contributed by atoms with E-state index in [9.17, 15) is 4.79 Å². The van der Waals surface area contributed by atoms with Crippen LogP contribution in [0.15, 0.2) is 42.7 Å². The van der Waals surface area contributed by atoms with Gasteiger partial charge in [-0.25, -0.2) is 15.0 Å². The number of hydrogen-bond acceptors (Lipinski definition) is 7. The molecule has 1 aromatic carbocycles. The van der Waals surface area contributed by atoms with E-state index in [0.29, 0.717) is 23.3 Å². The predicted octanol–water partition coefficient (Wildman–Crippen LogP) is 6.82. The Balaban J connectivity index is 1.40. The Morgan fingerprint density at radius 1 is 1.13 bits per heavy atom. The quantitative estimate of drug-likeness (QED) is 0.227. The van der Waals surface area contributed by atoms with Crippen molar-refractivity contribution >= 4 is 29.0 Å². The van der Waals surface area contributed by atoms with Gasteiger partial charge in [-0.3, -0.25) is 9.48 Å².